The fourth-order valence-corrected chi connectivity index (χ4v) is 3.58. The SMILES string of the molecule is CC(C)(C)OC(=O)N1CCN(C(=O)c2cnc(-n3ccc4cc([N+](=O)[O-])ccc43)cn2)CC1. The second-order valence-corrected chi connectivity index (χ2v) is 8.71. The molecule has 1 fully saturated rings. The third-order valence-corrected chi connectivity index (χ3v) is 5.21. The van der Waals surface area contributed by atoms with Crippen molar-refractivity contribution in [2.45, 2.75) is 26.4 Å². The van der Waals surface area contributed by atoms with Crippen molar-refractivity contribution in [3.63, 3.8) is 0 Å². The monoisotopic (exact) mass is 452 g/mol. The molecule has 33 heavy (non-hydrogen) atoms. The molecule has 1 aliphatic rings. The Morgan fingerprint density at radius 3 is 2.33 bits per heavy atom. The summed E-state index contributed by atoms with van der Waals surface area (Å²) in [5.74, 6) is 0.232. The number of fused-ring (bicyclic) bond motifs is 1. The van der Waals surface area contributed by atoms with E-state index in [1.807, 2.05) is 20.8 Å². The van der Waals surface area contributed by atoms with Gasteiger partial charge in [-0.15, -0.1) is 0 Å². The smallest absolute Gasteiger partial charge is 0.410 e. The van der Waals surface area contributed by atoms with Crippen LogP contribution in [0.2, 0.25) is 0 Å². The second-order valence-electron chi connectivity index (χ2n) is 8.71. The summed E-state index contributed by atoms with van der Waals surface area (Å²) < 4.78 is 7.13. The molecule has 0 atom stereocenters. The third-order valence-electron chi connectivity index (χ3n) is 5.21. The van der Waals surface area contributed by atoms with Gasteiger partial charge in [0.05, 0.1) is 22.8 Å². The highest BCUT2D eigenvalue weighted by Crippen LogP contribution is 2.24. The Morgan fingerprint density at radius 2 is 1.73 bits per heavy atom. The standard InChI is InChI=1S/C22H24N6O5/c1-22(2,3)33-21(30)26-10-8-25(9-11-26)20(29)17-13-24-19(14-23-17)27-7-6-15-12-16(28(31)32)4-5-18(15)27/h4-7,12-14H,8-11H2,1-3H3. The fraction of sp³-hybridized carbons (Fsp3) is 0.364. The number of amides is 2. The van der Waals surface area contributed by atoms with Crippen molar-refractivity contribution in [2.75, 3.05) is 26.2 Å². The molecule has 2 amide bonds. The first kappa shape index (κ1) is 22.2. The van der Waals surface area contributed by atoms with Crippen molar-refractivity contribution in [3.8, 4) is 5.82 Å². The number of carbonyl (C=O) groups excluding carboxylic acids is 2. The van der Waals surface area contributed by atoms with Crippen LogP contribution in [-0.4, -0.2) is 73.0 Å². The Kier molecular flexibility index (Phi) is 5.71. The number of aromatic nitrogens is 3. The highest BCUT2D eigenvalue weighted by Gasteiger charge is 2.28. The molecule has 0 saturated carbocycles. The van der Waals surface area contributed by atoms with Gasteiger partial charge in [0.2, 0.25) is 0 Å². The highest BCUT2D eigenvalue weighted by molar-refractivity contribution is 5.92. The topological polar surface area (TPSA) is 124 Å². The zero-order chi connectivity index (χ0) is 23.8. The molecule has 0 spiro atoms. The van der Waals surface area contributed by atoms with Crippen molar-refractivity contribution in [1.29, 1.82) is 0 Å². The van der Waals surface area contributed by atoms with Crippen LogP contribution in [0.3, 0.4) is 0 Å². The third kappa shape index (κ3) is 4.76. The number of hydrogen-bond acceptors (Lipinski definition) is 7. The average molecular weight is 452 g/mol. The van der Waals surface area contributed by atoms with E-state index in [4.69, 9.17) is 4.74 Å². The van der Waals surface area contributed by atoms with Gasteiger partial charge < -0.3 is 14.5 Å². The number of carbonyl (C=O) groups is 2. The minimum atomic E-state index is -0.568. The van der Waals surface area contributed by atoms with Gasteiger partial charge in [0.1, 0.15) is 11.3 Å². The zero-order valence-corrected chi connectivity index (χ0v) is 18.6. The molecule has 11 nitrogen and oxygen atoms in total. The molecule has 1 aromatic carbocycles. The first-order chi connectivity index (χ1) is 15.6. The summed E-state index contributed by atoms with van der Waals surface area (Å²) in [5, 5.41) is 11.7. The molecular weight excluding hydrogens is 428 g/mol. The maximum atomic E-state index is 12.8. The summed E-state index contributed by atoms with van der Waals surface area (Å²) in [7, 11) is 0. The predicted molar refractivity (Wildman–Crippen MR) is 119 cm³/mol. The van der Waals surface area contributed by atoms with E-state index in [2.05, 4.69) is 9.97 Å². The van der Waals surface area contributed by atoms with Crippen LogP contribution in [0.5, 0.6) is 0 Å². The molecule has 172 valence electrons. The number of nitro groups is 1. The molecule has 3 heterocycles. The summed E-state index contributed by atoms with van der Waals surface area (Å²) in [6, 6.07) is 6.33. The number of nitro benzene ring substituents is 1. The first-order valence-electron chi connectivity index (χ1n) is 10.5. The maximum absolute atomic E-state index is 12.8. The maximum Gasteiger partial charge on any atom is 0.410 e. The van der Waals surface area contributed by atoms with E-state index in [0.29, 0.717) is 37.4 Å². The van der Waals surface area contributed by atoms with Gasteiger partial charge in [-0.3, -0.25) is 19.5 Å². The summed E-state index contributed by atoms with van der Waals surface area (Å²) in [5.41, 5.74) is 0.393. The van der Waals surface area contributed by atoms with Gasteiger partial charge in [0, 0.05) is 49.9 Å². The average Bonchev–Trinajstić information content (AvgIpc) is 3.21. The number of benzene rings is 1. The van der Waals surface area contributed by atoms with Crippen LogP contribution in [0.25, 0.3) is 16.7 Å². The fourth-order valence-electron chi connectivity index (χ4n) is 3.58. The zero-order valence-electron chi connectivity index (χ0n) is 18.6. The van der Waals surface area contributed by atoms with Crippen molar-refractivity contribution >= 4 is 28.6 Å². The number of piperazine rings is 1. The molecule has 2 aromatic heterocycles. The molecule has 11 heteroatoms. The summed E-state index contributed by atoms with van der Waals surface area (Å²) in [6.45, 7) is 6.96. The number of rotatable bonds is 3. The quantitative estimate of drug-likeness (QED) is 0.442. The Labute approximate surface area is 189 Å². The van der Waals surface area contributed by atoms with Gasteiger partial charge in [-0.25, -0.2) is 14.8 Å². The van der Waals surface area contributed by atoms with E-state index in [1.165, 1.54) is 24.5 Å². The van der Waals surface area contributed by atoms with E-state index in [-0.39, 0.29) is 23.4 Å². The van der Waals surface area contributed by atoms with Gasteiger partial charge in [-0.1, -0.05) is 0 Å². The summed E-state index contributed by atoms with van der Waals surface area (Å²) in [4.78, 5) is 47.4. The summed E-state index contributed by atoms with van der Waals surface area (Å²) in [6.07, 6.45) is 4.26. The lowest BCUT2D eigenvalue weighted by atomic mass is 10.2. The Bertz CT molecular complexity index is 1210. The van der Waals surface area contributed by atoms with Crippen LogP contribution in [-0.2, 0) is 4.74 Å². The van der Waals surface area contributed by atoms with Crippen molar-refractivity contribution in [2.24, 2.45) is 0 Å². The number of non-ortho nitro benzene ring substituents is 1. The van der Waals surface area contributed by atoms with Crippen LogP contribution >= 0.6 is 0 Å². The Hall–Kier alpha value is -4.02. The van der Waals surface area contributed by atoms with Crippen LogP contribution < -0.4 is 0 Å². The van der Waals surface area contributed by atoms with E-state index in [1.54, 1.807) is 32.7 Å². The second kappa shape index (κ2) is 8.49. The lowest BCUT2D eigenvalue weighted by Gasteiger charge is -2.35. The van der Waals surface area contributed by atoms with Crippen molar-refractivity contribution in [1.82, 2.24) is 24.3 Å². The Balaban J connectivity index is 1.43. The lowest BCUT2D eigenvalue weighted by Crippen LogP contribution is -2.51. The number of ether oxygens (including phenoxy) is 1. The molecule has 1 aliphatic heterocycles. The molecular formula is C22H24N6O5. The molecule has 0 aliphatic carbocycles. The molecule has 1 saturated heterocycles. The van der Waals surface area contributed by atoms with Crippen LogP contribution in [0, 0.1) is 10.1 Å². The van der Waals surface area contributed by atoms with Crippen molar-refractivity contribution in [3.05, 3.63) is 58.7 Å². The first-order valence-corrected chi connectivity index (χ1v) is 10.5. The van der Waals surface area contributed by atoms with Crippen LogP contribution in [0.15, 0.2) is 42.9 Å². The largest absolute Gasteiger partial charge is 0.444 e. The normalized spacial score (nSPS) is 14.4. The molecule has 0 unspecified atom stereocenters. The van der Waals surface area contributed by atoms with Gasteiger partial charge >= 0.3 is 6.09 Å². The van der Waals surface area contributed by atoms with E-state index >= 15 is 0 Å². The molecule has 3 aromatic rings. The number of hydrogen-bond donors (Lipinski definition) is 0. The van der Waals surface area contributed by atoms with Gasteiger partial charge in [0.15, 0.2) is 5.82 Å². The Morgan fingerprint density at radius 1 is 1.03 bits per heavy atom. The molecule has 0 N–H and O–H groups in total. The number of nitrogens with zero attached hydrogens (tertiary/aromatic N) is 6. The van der Waals surface area contributed by atoms with Gasteiger partial charge in [0.25, 0.3) is 11.6 Å². The minimum absolute atomic E-state index is 0.0130. The minimum Gasteiger partial charge on any atom is -0.444 e. The summed E-state index contributed by atoms with van der Waals surface area (Å²) >= 11 is 0. The van der Waals surface area contributed by atoms with E-state index in [9.17, 15) is 19.7 Å². The predicted octanol–water partition coefficient (Wildman–Crippen LogP) is 3.02. The van der Waals surface area contributed by atoms with Gasteiger partial charge in [-0.05, 0) is 32.9 Å². The van der Waals surface area contributed by atoms with Crippen LogP contribution in [0.1, 0.15) is 31.3 Å². The van der Waals surface area contributed by atoms with Crippen LogP contribution in [0.4, 0.5) is 10.5 Å². The van der Waals surface area contributed by atoms with Gasteiger partial charge in [-0.2, -0.15) is 0 Å². The van der Waals surface area contributed by atoms with E-state index < -0.39 is 10.5 Å². The molecule has 0 bridgehead atoms. The molecule has 0 radical (unpaired) electrons. The van der Waals surface area contributed by atoms with Crippen molar-refractivity contribution < 1.29 is 19.2 Å². The highest BCUT2D eigenvalue weighted by atomic mass is 16.6. The lowest BCUT2D eigenvalue weighted by molar-refractivity contribution is -0.384. The molecule has 4 rings (SSSR count). The van der Waals surface area contributed by atoms with E-state index in [0.717, 1.165) is 5.52 Å².